The standard InChI is InChI=1S/C23H33N5O7/c1-12(2)19(27-20(31)15(24)10-13-5-7-14(29)8-6-13)22(33)28-9-3-4-17(28)21(32)26-16(23(34)35)11-18(25)30/h5-8,12,15-17,19,29H,3-4,9-11,24H2,1-2H3,(H2,25,30)(H,26,32)(H,27,31)(H,34,35). The van der Waals surface area contributed by atoms with Gasteiger partial charge >= 0.3 is 5.97 Å². The molecule has 12 nitrogen and oxygen atoms in total. The summed E-state index contributed by atoms with van der Waals surface area (Å²) in [5, 5.41) is 23.6. The van der Waals surface area contributed by atoms with Crippen LogP contribution in [-0.4, -0.2) is 75.4 Å². The molecule has 35 heavy (non-hydrogen) atoms. The van der Waals surface area contributed by atoms with Gasteiger partial charge in [0, 0.05) is 6.54 Å². The van der Waals surface area contributed by atoms with E-state index in [9.17, 15) is 34.2 Å². The summed E-state index contributed by atoms with van der Waals surface area (Å²) in [7, 11) is 0. The highest BCUT2D eigenvalue weighted by atomic mass is 16.4. The molecule has 0 bridgehead atoms. The average molecular weight is 492 g/mol. The molecule has 1 aliphatic heterocycles. The number of amides is 4. The van der Waals surface area contributed by atoms with E-state index in [0.717, 1.165) is 5.56 Å². The molecule has 0 radical (unpaired) electrons. The Balaban J connectivity index is 2.08. The van der Waals surface area contributed by atoms with E-state index in [0.29, 0.717) is 12.8 Å². The quantitative estimate of drug-likeness (QED) is 0.222. The number of hydrogen-bond donors (Lipinski definition) is 6. The summed E-state index contributed by atoms with van der Waals surface area (Å²) in [6.45, 7) is 3.74. The Bertz CT molecular complexity index is 950. The number of rotatable bonds is 11. The number of carboxylic acids is 1. The normalized spacial score (nSPS) is 17.9. The third-order valence-electron chi connectivity index (χ3n) is 5.82. The maximum absolute atomic E-state index is 13.3. The zero-order chi connectivity index (χ0) is 26.3. The van der Waals surface area contributed by atoms with Gasteiger partial charge in [-0.25, -0.2) is 4.79 Å². The summed E-state index contributed by atoms with van der Waals surface area (Å²) in [5.74, 6) is -4.26. The Morgan fingerprint density at radius 3 is 2.29 bits per heavy atom. The molecule has 4 atom stereocenters. The summed E-state index contributed by atoms with van der Waals surface area (Å²) in [6.07, 6.45) is 0.428. The van der Waals surface area contributed by atoms with Crippen molar-refractivity contribution in [1.82, 2.24) is 15.5 Å². The summed E-state index contributed by atoms with van der Waals surface area (Å²) >= 11 is 0. The molecule has 4 amide bonds. The van der Waals surface area contributed by atoms with Crippen molar-refractivity contribution < 1.29 is 34.2 Å². The van der Waals surface area contributed by atoms with Crippen LogP contribution in [0.2, 0.25) is 0 Å². The lowest BCUT2D eigenvalue weighted by Crippen LogP contribution is -2.58. The fourth-order valence-electron chi connectivity index (χ4n) is 3.90. The predicted molar refractivity (Wildman–Crippen MR) is 125 cm³/mol. The molecule has 4 unspecified atom stereocenters. The van der Waals surface area contributed by atoms with Gasteiger partial charge in [-0.2, -0.15) is 0 Å². The number of likely N-dealkylation sites (tertiary alicyclic amines) is 1. The SMILES string of the molecule is CC(C)C(NC(=O)C(N)Cc1ccc(O)cc1)C(=O)N1CCCC1C(=O)NC(CC(N)=O)C(=O)O. The van der Waals surface area contributed by atoms with Crippen LogP contribution in [0, 0.1) is 5.92 Å². The van der Waals surface area contributed by atoms with Gasteiger partial charge < -0.3 is 37.2 Å². The maximum Gasteiger partial charge on any atom is 0.326 e. The van der Waals surface area contributed by atoms with E-state index in [2.05, 4.69) is 10.6 Å². The molecule has 192 valence electrons. The zero-order valence-electron chi connectivity index (χ0n) is 19.8. The first-order chi connectivity index (χ1) is 16.4. The van der Waals surface area contributed by atoms with Gasteiger partial charge in [-0.05, 0) is 42.9 Å². The molecule has 1 heterocycles. The summed E-state index contributed by atoms with van der Waals surface area (Å²) < 4.78 is 0. The van der Waals surface area contributed by atoms with Crippen molar-refractivity contribution >= 4 is 29.6 Å². The van der Waals surface area contributed by atoms with Crippen LogP contribution in [0.25, 0.3) is 0 Å². The van der Waals surface area contributed by atoms with Crippen molar-refractivity contribution in [3.05, 3.63) is 29.8 Å². The molecule has 1 saturated heterocycles. The minimum absolute atomic E-state index is 0.0887. The smallest absolute Gasteiger partial charge is 0.326 e. The number of nitrogens with zero attached hydrogens (tertiary/aromatic N) is 1. The van der Waals surface area contributed by atoms with Crippen LogP contribution >= 0.6 is 0 Å². The molecule has 1 aromatic carbocycles. The van der Waals surface area contributed by atoms with Crippen LogP contribution in [0.1, 0.15) is 38.7 Å². The highest BCUT2D eigenvalue weighted by Crippen LogP contribution is 2.21. The Kier molecular flexibility index (Phi) is 9.58. The number of phenols is 1. The lowest BCUT2D eigenvalue weighted by Gasteiger charge is -2.31. The highest BCUT2D eigenvalue weighted by Gasteiger charge is 2.40. The summed E-state index contributed by atoms with van der Waals surface area (Å²) in [5.41, 5.74) is 11.8. The molecular weight excluding hydrogens is 458 g/mol. The third kappa shape index (κ3) is 7.67. The molecular formula is C23H33N5O7. The van der Waals surface area contributed by atoms with Gasteiger partial charge in [-0.3, -0.25) is 19.2 Å². The lowest BCUT2D eigenvalue weighted by atomic mass is 10.00. The number of aromatic hydroxyl groups is 1. The van der Waals surface area contributed by atoms with Crippen molar-refractivity contribution in [1.29, 1.82) is 0 Å². The molecule has 0 aliphatic carbocycles. The van der Waals surface area contributed by atoms with Crippen LogP contribution in [0.5, 0.6) is 5.75 Å². The first-order valence-electron chi connectivity index (χ1n) is 11.4. The van der Waals surface area contributed by atoms with E-state index in [1.807, 2.05) is 0 Å². The second-order valence-electron chi connectivity index (χ2n) is 8.97. The Morgan fingerprint density at radius 1 is 1.11 bits per heavy atom. The molecule has 0 spiro atoms. The second-order valence-corrected chi connectivity index (χ2v) is 8.97. The molecule has 12 heteroatoms. The zero-order valence-corrected chi connectivity index (χ0v) is 19.8. The van der Waals surface area contributed by atoms with Crippen molar-refractivity contribution in [2.45, 2.75) is 63.7 Å². The Labute approximate surface area is 203 Å². The Hall–Kier alpha value is -3.67. The number of nitrogens with one attached hydrogen (secondary N) is 2. The number of carbonyl (C=O) groups excluding carboxylic acids is 4. The van der Waals surface area contributed by atoms with Crippen molar-refractivity contribution in [3.63, 3.8) is 0 Å². The van der Waals surface area contributed by atoms with Gasteiger partial charge in [-0.15, -0.1) is 0 Å². The number of aliphatic carboxylic acids is 1. The van der Waals surface area contributed by atoms with E-state index >= 15 is 0 Å². The number of nitrogens with two attached hydrogens (primary N) is 2. The van der Waals surface area contributed by atoms with Crippen LogP contribution in [-0.2, 0) is 30.4 Å². The highest BCUT2D eigenvalue weighted by molar-refractivity contribution is 5.95. The van der Waals surface area contributed by atoms with Gasteiger partial charge in [0.15, 0.2) is 0 Å². The molecule has 0 saturated carbocycles. The van der Waals surface area contributed by atoms with E-state index < -0.39 is 60.2 Å². The first-order valence-corrected chi connectivity index (χ1v) is 11.4. The van der Waals surface area contributed by atoms with Gasteiger partial charge in [0.25, 0.3) is 0 Å². The molecule has 1 fully saturated rings. The van der Waals surface area contributed by atoms with Crippen molar-refractivity contribution in [3.8, 4) is 5.75 Å². The number of phenolic OH excluding ortho intramolecular Hbond substituents is 1. The monoisotopic (exact) mass is 491 g/mol. The minimum atomic E-state index is -1.50. The van der Waals surface area contributed by atoms with Gasteiger partial charge in [0.05, 0.1) is 12.5 Å². The molecule has 1 aliphatic rings. The molecule has 1 aromatic rings. The van der Waals surface area contributed by atoms with Crippen molar-refractivity contribution in [2.75, 3.05) is 6.54 Å². The number of primary amides is 1. The Morgan fingerprint density at radius 2 is 1.74 bits per heavy atom. The maximum atomic E-state index is 13.3. The fraction of sp³-hybridized carbons (Fsp3) is 0.522. The molecule has 0 aromatic heterocycles. The van der Waals surface area contributed by atoms with Crippen LogP contribution < -0.4 is 22.1 Å². The van der Waals surface area contributed by atoms with E-state index in [-0.39, 0.29) is 24.6 Å². The molecule has 8 N–H and O–H groups in total. The van der Waals surface area contributed by atoms with Gasteiger partial charge in [-0.1, -0.05) is 26.0 Å². The van der Waals surface area contributed by atoms with Crippen LogP contribution in [0.3, 0.4) is 0 Å². The van der Waals surface area contributed by atoms with E-state index in [4.69, 9.17) is 11.5 Å². The molecule has 2 rings (SSSR count). The second kappa shape index (κ2) is 12.2. The fourth-order valence-corrected chi connectivity index (χ4v) is 3.90. The topological polar surface area (TPSA) is 205 Å². The lowest BCUT2D eigenvalue weighted by molar-refractivity contribution is -0.146. The van der Waals surface area contributed by atoms with E-state index in [1.54, 1.807) is 26.0 Å². The van der Waals surface area contributed by atoms with Gasteiger partial charge in [0.2, 0.25) is 23.6 Å². The van der Waals surface area contributed by atoms with E-state index in [1.165, 1.54) is 17.0 Å². The summed E-state index contributed by atoms with van der Waals surface area (Å²) in [4.78, 5) is 62.6. The van der Waals surface area contributed by atoms with Crippen LogP contribution in [0.4, 0.5) is 0 Å². The summed E-state index contributed by atoms with van der Waals surface area (Å²) in [6, 6.07) is 1.90. The third-order valence-corrected chi connectivity index (χ3v) is 5.82. The number of benzene rings is 1. The number of hydrogen-bond acceptors (Lipinski definition) is 7. The number of carboxylic acid groups (broad SMARTS) is 1. The van der Waals surface area contributed by atoms with Crippen LogP contribution in [0.15, 0.2) is 24.3 Å². The van der Waals surface area contributed by atoms with Crippen molar-refractivity contribution in [2.24, 2.45) is 17.4 Å². The van der Waals surface area contributed by atoms with Gasteiger partial charge in [0.1, 0.15) is 23.9 Å². The first kappa shape index (κ1) is 27.6. The average Bonchev–Trinajstić information content (AvgIpc) is 3.27. The predicted octanol–water partition coefficient (Wildman–Crippen LogP) is -1.16. The largest absolute Gasteiger partial charge is 0.508 e. The number of carbonyl (C=O) groups is 5. The minimum Gasteiger partial charge on any atom is -0.508 e.